The molecule has 0 unspecified atom stereocenters. The second-order valence-electron chi connectivity index (χ2n) is 5.68. The largest absolute Gasteiger partial charge is 0.469 e. The molecule has 3 rings (SSSR count). The van der Waals surface area contributed by atoms with Gasteiger partial charge in [0.15, 0.2) is 5.13 Å². The Labute approximate surface area is 155 Å². The molecule has 132 valence electrons. The summed E-state index contributed by atoms with van der Waals surface area (Å²) in [5.74, 6) is -0.497. The van der Waals surface area contributed by atoms with Gasteiger partial charge in [0.2, 0.25) is 5.91 Å². The Morgan fingerprint density at radius 1 is 1.00 bits per heavy atom. The molecule has 5 nitrogen and oxygen atoms in total. The summed E-state index contributed by atoms with van der Waals surface area (Å²) >= 11 is 1.29. The van der Waals surface area contributed by atoms with Gasteiger partial charge in [-0.15, -0.1) is 11.3 Å². The highest BCUT2D eigenvalue weighted by molar-refractivity contribution is 7.13. The molecule has 1 heterocycles. The minimum Gasteiger partial charge on any atom is -0.469 e. The number of thiazole rings is 1. The van der Waals surface area contributed by atoms with Gasteiger partial charge in [-0.2, -0.15) is 0 Å². The quantitative estimate of drug-likeness (QED) is 0.675. The van der Waals surface area contributed by atoms with Crippen molar-refractivity contribution in [2.45, 2.75) is 12.8 Å². The molecule has 0 aliphatic heterocycles. The van der Waals surface area contributed by atoms with Gasteiger partial charge < -0.3 is 10.1 Å². The first-order valence-corrected chi connectivity index (χ1v) is 8.97. The van der Waals surface area contributed by atoms with Crippen LogP contribution in [0.15, 0.2) is 60.0 Å². The Hall–Kier alpha value is -2.99. The molecule has 1 amide bonds. The van der Waals surface area contributed by atoms with Gasteiger partial charge in [0.05, 0.1) is 25.6 Å². The van der Waals surface area contributed by atoms with Gasteiger partial charge in [0.1, 0.15) is 0 Å². The molecule has 0 fully saturated rings. The zero-order chi connectivity index (χ0) is 18.4. The highest BCUT2D eigenvalue weighted by atomic mass is 32.1. The molecule has 1 aromatic heterocycles. The molecule has 0 spiro atoms. The number of benzene rings is 2. The SMILES string of the molecule is COC(=O)Cc1csc(NC(=O)Cc2ccc(-c3ccccc3)cc2)n1. The molecule has 26 heavy (non-hydrogen) atoms. The number of amides is 1. The molecule has 1 N–H and O–H groups in total. The lowest BCUT2D eigenvalue weighted by Gasteiger charge is -2.05. The van der Waals surface area contributed by atoms with Crippen LogP contribution in [0.5, 0.6) is 0 Å². The number of rotatable bonds is 6. The Bertz CT molecular complexity index is 889. The van der Waals surface area contributed by atoms with Gasteiger partial charge in [0.25, 0.3) is 0 Å². The van der Waals surface area contributed by atoms with Crippen LogP contribution in [0.3, 0.4) is 0 Å². The number of methoxy groups -OCH3 is 1. The van der Waals surface area contributed by atoms with Crippen molar-refractivity contribution in [1.82, 2.24) is 4.98 Å². The topological polar surface area (TPSA) is 68.3 Å². The minimum atomic E-state index is -0.355. The summed E-state index contributed by atoms with van der Waals surface area (Å²) in [5, 5.41) is 4.98. The van der Waals surface area contributed by atoms with Crippen LogP contribution in [-0.4, -0.2) is 24.0 Å². The normalized spacial score (nSPS) is 10.3. The van der Waals surface area contributed by atoms with Crippen LogP contribution >= 0.6 is 11.3 Å². The number of nitrogens with zero attached hydrogens (tertiary/aromatic N) is 1. The summed E-state index contributed by atoms with van der Waals surface area (Å²) in [4.78, 5) is 27.6. The van der Waals surface area contributed by atoms with Gasteiger partial charge in [-0.3, -0.25) is 9.59 Å². The van der Waals surface area contributed by atoms with E-state index in [1.54, 1.807) is 5.38 Å². The molecule has 0 atom stereocenters. The summed E-state index contributed by atoms with van der Waals surface area (Å²) in [6.45, 7) is 0. The number of nitrogens with one attached hydrogen (secondary N) is 1. The zero-order valence-corrected chi connectivity index (χ0v) is 15.1. The van der Waals surface area contributed by atoms with Crippen LogP contribution in [0.2, 0.25) is 0 Å². The maximum Gasteiger partial charge on any atom is 0.311 e. The molecular weight excluding hydrogens is 348 g/mol. The second kappa shape index (κ2) is 8.40. The van der Waals surface area contributed by atoms with E-state index in [9.17, 15) is 9.59 Å². The van der Waals surface area contributed by atoms with E-state index in [0.29, 0.717) is 10.8 Å². The van der Waals surface area contributed by atoms with Gasteiger partial charge in [0, 0.05) is 5.38 Å². The minimum absolute atomic E-state index is 0.101. The molecule has 0 saturated heterocycles. The molecule has 0 bridgehead atoms. The fourth-order valence-electron chi connectivity index (χ4n) is 2.46. The molecule has 0 saturated carbocycles. The third-order valence-electron chi connectivity index (χ3n) is 3.78. The van der Waals surface area contributed by atoms with Crippen molar-refractivity contribution in [2.75, 3.05) is 12.4 Å². The fraction of sp³-hybridized carbons (Fsp3) is 0.150. The second-order valence-corrected chi connectivity index (χ2v) is 6.54. The molecule has 2 aromatic carbocycles. The van der Waals surface area contributed by atoms with Gasteiger partial charge in [-0.05, 0) is 16.7 Å². The van der Waals surface area contributed by atoms with Crippen molar-refractivity contribution in [3.8, 4) is 11.1 Å². The molecule has 0 radical (unpaired) electrons. The third kappa shape index (κ3) is 4.77. The number of esters is 1. The Morgan fingerprint density at radius 2 is 1.69 bits per heavy atom. The van der Waals surface area contributed by atoms with Crippen LogP contribution in [0.25, 0.3) is 11.1 Å². The van der Waals surface area contributed by atoms with Crippen molar-refractivity contribution >= 4 is 28.3 Å². The van der Waals surface area contributed by atoms with Crippen LogP contribution in [0, 0.1) is 0 Å². The highest BCUT2D eigenvalue weighted by Crippen LogP contribution is 2.20. The van der Waals surface area contributed by atoms with Crippen molar-refractivity contribution in [3.63, 3.8) is 0 Å². The molecule has 6 heteroatoms. The predicted molar refractivity (Wildman–Crippen MR) is 102 cm³/mol. The van der Waals surface area contributed by atoms with E-state index in [4.69, 9.17) is 0 Å². The lowest BCUT2D eigenvalue weighted by atomic mass is 10.0. The summed E-state index contributed by atoms with van der Waals surface area (Å²) in [7, 11) is 1.33. The van der Waals surface area contributed by atoms with Crippen LogP contribution in [0.1, 0.15) is 11.3 Å². The summed E-state index contributed by atoms with van der Waals surface area (Å²) < 4.78 is 4.60. The van der Waals surface area contributed by atoms with Gasteiger partial charge >= 0.3 is 5.97 Å². The smallest absolute Gasteiger partial charge is 0.311 e. The van der Waals surface area contributed by atoms with Crippen molar-refractivity contribution in [1.29, 1.82) is 0 Å². The first kappa shape index (κ1) is 17.8. The summed E-state index contributed by atoms with van der Waals surface area (Å²) in [6, 6.07) is 18.0. The highest BCUT2D eigenvalue weighted by Gasteiger charge is 2.10. The van der Waals surface area contributed by atoms with E-state index in [0.717, 1.165) is 16.7 Å². The zero-order valence-electron chi connectivity index (χ0n) is 14.3. The first-order valence-electron chi connectivity index (χ1n) is 8.09. The maximum atomic E-state index is 12.2. The van der Waals surface area contributed by atoms with Crippen LogP contribution in [0.4, 0.5) is 5.13 Å². The summed E-state index contributed by atoms with van der Waals surface area (Å²) in [5.41, 5.74) is 3.77. The number of ether oxygens (including phenoxy) is 1. The fourth-order valence-corrected chi connectivity index (χ4v) is 3.19. The number of hydrogen-bond donors (Lipinski definition) is 1. The maximum absolute atomic E-state index is 12.2. The lowest BCUT2D eigenvalue weighted by molar-refractivity contribution is -0.139. The number of aromatic nitrogens is 1. The molecule has 0 aliphatic carbocycles. The van der Waals surface area contributed by atoms with Gasteiger partial charge in [-0.1, -0.05) is 54.6 Å². The first-order chi connectivity index (χ1) is 12.6. The Kier molecular flexibility index (Phi) is 5.76. The van der Waals surface area contributed by atoms with E-state index >= 15 is 0 Å². The Morgan fingerprint density at radius 3 is 2.38 bits per heavy atom. The van der Waals surface area contributed by atoms with Crippen molar-refractivity contribution < 1.29 is 14.3 Å². The van der Waals surface area contributed by atoms with Crippen LogP contribution in [-0.2, 0) is 27.2 Å². The number of carbonyl (C=O) groups is 2. The molecule has 0 aliphatic rings. The number of carbonyl (C=O) groups excluding carboxylic acids is 2. The summed E-state index contributed by atoms with van der Waals surface area (Å²) in [6.07, 6.45) is 0.366. The number of anilines is 1. The van der Waals surface area contributed by atoms with Crippen molar-refractivity contribution in [2.24, 2.45) is 0 Å². The lowest BCUT2D eigenvalue weighted by Crippen LogP contribution is -2.14. The number of hydrogen-bond acceptors (Lipinski definition) is 5. The van der Waals surface area contributed by atoms with E-state index in [1.165, 1.54) is 18.4 Å². The average Bonchev–Trinajstić information content (AvgIpc) is 3.09. The van der Waals surface area contributed by atoms with E-state index in [-0.39, 0.29) is 24.7 Å². The monoisotopic (exact) mass is 366 g/mol. The third-order valence-corrected chi connectivity index (χ3v) is 4.58. The van der Waals surface area contributed by atoms with Gasteiger partial charge in [-0.25, -0.2) is 4.98 Å². The average molecular weight is 366 g/mol. The predicted octanol–water partition coefficient (Wildman–Crippen LogP) is 3.71. The molecular formula is C20H18N2O3S. The van der Waals surface area contributed by atoms with E-state index in [1.807, 2.05) is 42.5 Å². The molecule has 3 aromatic rings. The van der Waals surface area contributed by atoms with Crippen molar-refractivity contribution in [3.05, 3.63) is 71.2 Å². The standard InChI is InChI=1S/C20H18N2O3S/c1-25-19(24)12-17-13-26-20(21-17)22-18(23)11-14-7-9-16(10-8-14)15-5-3-2-4-6-15/h2-10,13H,11-12H2,1H3,(H,21,22,23). The van der Waals surface area contributed by atoms with Crippen LogP contribution < -0.4 is 5.32 Å². The van der Waals surface area contributed by atoms with E-state index < -0.39 is 0 Å². The Balaban J connectivity index is 1.57. The van der Waals surface area contributed by atoms with E-state index in [2.05, 4.69) is 27.2 Å².